The molecule has 2 aromatic rings. The zero-order chi connectivity index (χ0) is 20.0. The third kappa shape index (κ3) is 6.18. The summed E-state index contributed by atoms with van der Waals surface area (Å²) in [4.78, 5) is 23.1. The van der Waals surface area contributed by atoms with Crippen LogP contribution in [-0.2, 0) is 9.59 Å². The Bertz CT molecular complexity index is 787. The number of rotatable bonds is 8. The molecular weight excluding hydrogens is 370 g/mol. The van der Waals surface area contributed by atoms with Gasteiger partial charge in [-0.25, -0.2) is 4.79 Å². The molecule has 2 rings (SSSR count). The Hall–Kier alpha value is -2.73. The molecule has 0 aromatic heterocycles. The summed E-state index contributed by atoms with van der Waals surface area (Å²) in [7, 11) is 0. The number of carboxylic acid groups (broad SMARTS) is 1. The average Bonchev–Trinajstić information content (AvgIpc) is 2.62. The molecule has 0 saturated heterocycles. The molecule has 144 valence electrons. The van der Waals surface area contributed by atoms with Gasteiger partial charge in [0.2, 0.25) is 0 Å². The monoisotopic (exact) mass is 391 g/mol. The van der Waals surface area contributed by atoms with E-state index in [2.05, 4.69) is 5.32 Å². The summed E-state index contributed by atoms with van der Waals surface area (Å²) in [5.41, 5.74) is -0.222. The number of ether oxygens (including phenoxy) is 2. The highest BCUT2D eigenvalue weighted by atomic mass is 35.5. The van der Waals surface area contributed by atoms with E-state index in [1.807, 2.05) is 6.92 Å². The minimum Gasteiger partial charge on any atom is -0.482 e. The molecule has 2 aromatic carbocycles. The molecule has 0 aliphatic carbocycles. The number of halogens is 1. The SMILES string of the molecule is CC(NC(=O)C(C)(C)Oc1ccc(Cl)cc1)c1ccc(OCC(=O)O)cc1. The second-order valence-corrected chi connectivity index (χ2v) is 6.95. The Morgan fingerprint density at radius 3 is 2.19 bits per heavy atom. The molecule has 2 N–H and O–H groups in total. The molecule has 0 radical (unpaired) electrons. The molecule has 27 heavy (non-hydrogen) atoms. The van der Waals surface area contributed by atoms with Gasteiger partial charge in [-0.2, -0.15) is 0 Å². The molecule has 1 unspecified atom stereocenters. The van der Waals surface area contributed by atoms with Crippen LogP contribution in [-0.4, -0.2) is 29.2 Å². The molecule has 1 amide bonds. The van der Waals surface area contributed by atoms with Gasteiger partial charge in [0.15, 0.2) is 12.2 Å². The van der Waals surface area contributed by atoms with E-state index in [-0.39, 0.29) is 11.9 Å². The van der Waals surface area contributed by atoms with E-state index in [4.69, 9.17) is 26.2 Å². The summed E-state index contributed by atoms with van der Waals surface area (Å²) in [5.74, 6) is -0.308. The molecular formula is C20H22ClNO5. The quantitative estimate of drug-likeness (QED) is 0.714. The predicted octanol–water partition coefficient (Wildman–Crippen LogP) is 3.84. The van der Waals surface area contributed by atoms with E-state index < -0.39 is 18.2 Å². The van der Waals surface area contributed by atoms with Crippen molar-refractivity contribution in [2.24, 2.45) is 0 Å². The fraction of sp³-hybridized carbons (Fsp3) is 0.300. The summed E-state index contributed by atoms with van der Waals surface area (Å²) in [6.45, 7) is 4.82. The number of nitrogens with one attached hydrogen (secondary N) is 1. The molecule has 0 bridgehead atoms. The van der Waals surface area contributed by atoms with E-state index in [0.29, 0.717) is 16.5 Å². The second kappa shape index (κ2) is 8.77. The third-order valence-corrected chi connectivity index (χ3v) is 4.08. The van der Waals surface area contributed by atoms with E-state index in [1.165, 1.54) is 0 Å². The first-order valence-corrected chi connectivity index (χ1v) is 8.75. The predicted molar refractivity (Wildman–Crippen MR) is 102 cm³/mol. The zero-order valence-corrected chi connectivity index (χ0v) is 16.1. The summed E-state index contributed by atoms with van der Waals surface area (Å²) in [5, 5.41) is 12.1. The lowest BCUT2D eigenvalue weighted by atomic mass is 10.0. The van der Waals surface area contributed by atoms with Gasteiger partial charge in [-0.05, 0) is 62.7 Å². The Morgan fingerprint density at radius 1 is 1.07 bits per heavy atom. The van der Waals surface area contributed by atoms with Crippen molar-refractivity contribution in [1.82, 2.24) is 5.32 Å². The maximum atomic E-state index is 12.6. The average molecular weight is 392 g/mol. The molecule has 0 aliphatic rings. The van der Waals surface area contributed by atoms with Crippen molar-refractivity contribution in [1.29, 1.82) is 0 Å². The summed E-state index contributed by atoms with van der Waals surface area (Å²) >= 11 is 5.86. The van der Waals surface area contributed by atoms with Crippen LogP contribution in [0.4, 0.5) is 0 Å². The Labute approximate surface area is 163 Å². The maximum absolute atomic E-state index is 12.6. The molecule has 0 saturated carbocycles. The van der Waals surface area contributed by atoms with Crippen LogP contribution in [0.2, 0.25) is 5.02 Å². The maximum Gasteiger partial charge on any atom is 0.341 e. The lowest BCUT2D eigenvalue weighted by Crippen LogP contribution is -2.47. The molecule has 1 atom stereocenters. The number of aliphatic carboxylic acids is 1. The van der Waals surface area contributed by atoms with Gasteiger partial charge < -0.3 is 19.9 Å². The first-order chi connectivity index (χ1) is 12.7. The largest absolute Gasteiger partial charge is 0.482 e. The molecule has 0 fully saturated rings. The number of hydrogen-bond acceptors (Lipinski definition) is 4. The third-order valence-electron chi connectivity index (χ3n) is 3.82. The summed E-state index contributed by atoms with van der Waals surface area (Å²) in [6.07, 6.45) is 0. The number of amides is 1. The van der Waals surface area contributed by atoms with Crippen LogP contribution in [0.25, 0.3) is 0 Å². The Balaban J connectivity index is 1.96. The van der Waals surface area contributed by atoms with Gasteiger partial charge in [-0.3, -0.25) is 4.79 Å². The fourth-order valence-electron chi connectivity index (χ4n) is 2.30. The van der Waals surface area contributed by atoms with Crippen LogP contribution < -0.4 is 14.8 Å². The van der Waals surface area contributed by atoms with Gasteiger partial charge >= 0.3 is 5.97 Å². The van der Waals surface area contributed by atoms with Crippen LogP contribution >= 0.6 is 11.6 Å². The van der Waals surface area contributed by atoms with E-state index in [0.717, 1.165) is 5.56 Å². The zero-order valence-electron chi connectivity index (χ0n) is 15.4. The molecule has 6 nitrogen and oxygen atoms in total. The highest BCUT2D eigenvalue weighted by Gasteiger charge is 2.31. The minimum absolute atomic E-state index is 0.265. The fourth-order valence-corrected chi connectivity index (χ4v) is 2.42. The van der Waals surface area contributed by atoms with Gasteiger partial charge in [0.25, 0.3) is 5.91 Å². The highest BCUT2D eigenvalue weighted by molar-refractivity contribution is 6.30. The van der Waals surface area contributed by atoms with Crippen LogP contribution in [0.5, 0.6) is 11.5 Å². The first kappa shape index (κ1) is 20.6. The van der Waals surface area contributed by atoms with Crippen molar-refractivity contribution in [2.45, 2.75) is 32.4 Å². The van der Waals surface area contributed by atoms with Crippen molar-refractivity contribution in [3.05, 3.63) is 59.1 Å². The topological polar surface area (TPSA) is 84.9 Å². The lowest BCUT2D eigenvalue weighted by Gasteiger charge is -2.27. The van der Waals surface area contributed by atoms with Gasteiger partial charge in [0.05, 0.1) is 6.04 Å². The van der Waals surface area contributed by atoms with Crippen LogP contribution in [0, 0.1) is 0 Å². The van der Waals surface area contributed by atoms with Crippen molar-refractivity contribution in [2.75, 3.05) is 6.61 Å². The summed E-state index contributed by atoms with van der Waals surface area (Å²) < 4.78 is 10.9. The number of hydrogen-bond donors (Lipinski definition) is 2. The van der Waals surface area contributed by atoms with Crippen molar-refractivity contribution < 1.29 is 24.2 Å². The Kier molecular flexibility index (Phi) is 6.69. The molecule has 0 spiro atoms. The number of carbonyl (C=O) groups excluding carboxylic acids is 1. The minimum atomic E-state index is -1.08. The number of carboxylic acids is 1. The summed E-state index contributed by atoms with van der Waals surface area (Å²) in [6, 6.07) is 13.4. The van der Waals surface area contributed by atoms with Crippen LogP contribution in [0.15, 0.2) is 48.5 Å². The Morgan fingerprint density at radius 2 is 1.63 bits per heavy atom. The van der Waals surface area contributed by atoms with Crippen molar-refractivity contribution in [3.8, 4) is 11.5 Å². The van der Waals surface area contributed by atoms with Gasteiger partial charge in [0, 0.05) is 5.02 Å². The van der Waals surface area contributed by atoms with E-state index in [9.17, 15) is 9.59 Å². The lowest BCUT2D eigenvalue weighted by molar-refractivity contribution is -0.139. The van der Waals surface area contributed by atoms with Crippen LogP contribution in [0.3, 0.4) is 0 Å². The van der Waals surface area contributed by atoms with E-state index >= 15 is 0 Å². The molecule has 0 heterocycles. The first-order valence-electron chi connectivity index (χ1n) is 8.37. The molecule has 0 aliphatic heterocycles. The van der Waals surface area contributed by atoms with E-state index in [1.54, 1.807) is 62.4 Å². The molecule has 7 heteroatoms. The van der Waals surface area contributed by atoms with Gasteiger partial charge in [-0.1, -0.05) is 23.7 Å². The normalized spacial score (nSPS) is 12.1. The highest BCUT2D eigenvalue weighted by Crippen LogP contribution is 2.23. The second-order valence-electron chi connectivity index (χ2n) is 6.51. The van der Waals surface area contributed by atoms with Crippen LogP contribution in [0.1, 0.15) is 32.4 Å². The van der Waals surface area contributed by atoms with Crippen molar-refractivity contribution in [3.63, 3.8) is 0 Å². The standard InChI is InChI=1S/C20H22ClNO5/c1-13(14-4-8-16(9-5-14)26-12-18(23)24)22-19(25)20(2,3)27-17-10-6-15(21)7-11-17/h4-11,13H,12H2,1-3H3,(H,22,25)(H,23,24). The van der Waals surface area contributed by atoms with Crippen molar-refractivity contribution >= 4 is 23.5 Å². The number of benzene rings is 2. The van der Waals surface area contributed by atoms with Gasteiger partial charge in [0.1, 0.15) is 11.5 Å². The number of carbonyl (C=O) groups is 2. The van der Waals surface area contributed by atoms with Gasteiger partial charge in [-0.15, -0.1) is 0 Å². The smallest absolute Gasteiger partial charge is 0.341 e.